The van der Waals surface area contributed by atoms with Crippen molar-refractivity contribution >= 4 is 11.9 Å². The highest BCUT2D eigenvalue weighted by molar-refractivity contribution is 6.03. The summed E-state index contributed by atoms with van der Waals surface area (Å²) in [6, 6.07) is 11.0. The minimum atomic E-state index is -0.608. The lowest BCUT2D eigenvalue weighted by molar-refractivity contribution is 0.102. The maximum atomic E-state index is 13.8. The number of amides is 1. The van der Waals surface area contributed by atoms with E-state index >= 15 is 0 Å². The SMILES string of the molecule is Cc1cc(C)nc(NC(=O)c2cccn(Cc3ccccc3F)c2=O)n1. The van der Waals surface area contributed by atoms with Crippen LogP contribution in [-0.2, 0) is 6.54 Å². The summed E-state index contributed by atoms with van der Waals surface area (Å²) in [4.78, 5) is 33.3. The summed E-state index contributed by atoms with van der Waals surface area (Å²) in [7, 11) is 0. The van der Waals surface area contributed by atoms with E-state index in [-0.39, 0.29) is 18.1 Å². The Morgan fingerprint density at radius 1 is 1.12 bits per heavy atom. The van der Waals surface area contributed by atoms with E-state index < -0.39 is 17.3 Å². The number of nitrogens with one attached hydrogen (secondary N) is 1. The smallest absolute Gasteiger partial charge is 0.263 e. The average molecular weight is 352 g/mol. The summed E-state index contributed by atoms with van der Waals surface area (Å²) in [5.74, 6) is -0.878. The number of pyridine rings is 1. The number of carbonyl (C=O) groups excluding carboxylic acids is 1. The molecule has 0 aliphatic heterocycles. The first kappa shape index (κ1) is 17.5. The Labute approximate surface area is 149 Å². The number of rotatable bonds is 4. The number of hydrogen-bond donors (Lipinski definition) is 1. The van der Waals surface area contributed by atoms with Crippen LogP contribution < -0.4 is 10.9 Å². The van der Waals surface area contributed by atoms with Gasteiger partial charge in [-0.25, -0.2) is 14.4 Å². The largest absolute Gasteiger partial charge is 0.310 e. The maximum absolute atomic E-state index is 13.8. The molecular formula is C19H17FN4O2. The second-order valence-electron chi connectivity index (χ2n) is 5.87. The molecule has 132 valence electrons. The van der Waals surface area contributed by atoms with Crippen LogP contribution in [0.5, 0.6) is 0 Å². The molecule has 2 heterocycles. The zero-order valence-corrected chi connectivity index (χ0v) is 14.4. The Kier molecular flexibility index (Phi) is 4.88. The monoisotopic (exact) mass is 352 g/mol. The van der Waals surface area contributed by atoms with Crippen LogP contribution in [0.25, 0.3) is 0 Å². The van der Waals surface area contributed by atoms with Gasteiger partial charge in [0.2, 0.25) is 5.95 Å². The summed E-state index contributed by atoms with van der Waals surface area (Å²) >= 11 is 0. The van der Waals surface area contributed by atoms with Gasteiger partial charge in [0.25, 0.3) is 11.5 Å². The van der Waals surface area contributed by atoms with Gasteiger partial charge in [-0.3, -0.25) is 14.9 Å². The molecule has 0 radical (unpaired) electrons. The zero-order chi connectivity index (χ0) is 18.7. The van der Waals surface area contributed by atoms with Crippen molar-refractivity contribution in [2.24, 2.45) is 0 Å². The number of anilines is 1. The minimum absolute atomic E-state index is 0.0344. The van der Waals surface area contributed by atoms with Crippen molar-refractivity contribution < 1.29 is 9.18 Å². The van der Waals surface area contributed by atoms with Crippen LogP contribution in [0.4, 0.5) is 10.3 Å². The van der Waals surface area contributed by atoms with Crippen molar-refractivity contribution in [2.75, 3.05) is 5.32 Å². The Balaban J connectivity index is 1.88. The molecule has 3 rings (SSSR count). The van der Waals surface area contributed by atoms with Crippen LogP contribution in [0.1, 0.15) is 27.3 Å². The third-order valence-corrected chi connectivity index (χ3v) is 3.77. The number of aromatic nitrogens is 3. The number of hydrogen-bond acceptors (Lipinski definition) is 4. The molecule has 0 unspecified atom stereocenters. The van der Waals surface area contributed by atoms with Crippen molar-refractivity contribution in [3.05, 3.63) is 87.3 Å². The van der Waals surface area contributed by atoms with E-state index in [4.69, 9.17) is 0 Å². The van der Waals surface area contributed by atoms with E-state index in [1.807, 2.05) is 0 Å². The van der Waals surface area contributed by atoms with Gasteiger partial charge >= 0.3 is 0 Å². The van der Waals surface area contributed by atoms with Crippen LogP contribution in [0.3, 0.4) is 0 Å². The van der Waals surface area contributed by atoms with Crippen LogP contribution in [-0.4, -0.2) is 20.4 Å². The number of carbonyl (C=O) groups is 1. The maximum Gasteiger partial charge on any atom is 0.263 e. The first-order chi connectivity index (χ1) is 12.4. The Morgan fingerprint density at radius 2 is 1.81 bits per heavy atom. The lowest BCUT2D eigenvalue weighted by Crippen LogP contribution is -2.29. The van der Waals surface area contributed by atoms with E-state index in [0.717, 1.165) is 0 Å². The normalized spacial score (nSPS) is 10.6. The van der Waals surface area contributed by atoms with Crippen molar-refractivity contribution in [1.29, 1.82) is 0 Å². The molecule has 0 atom stereocenters. The van der Waals surface area contributed by atoms with Gasteiger partial charge in [-0.05, 0) is 38.1 Å². The van der Waals surface area contributed by atoms with E-state index in [1.165, 1.54) is 22.9 Å². The van der Waals surface area contributed by atoms with Gasteiger partial charge in [0.05, 0.1) is 6.54 Å². The van der Waals surface area contributed by atoms with Gasteiger partial charge in [0.15, 0.2) is 0 Å². The molecule has 0 bridgehead atoms. The average Bonchev–Trinajstić information content (AvgIpc) is 2.57. The van der Waals surface area contributed by atoms with Crippen molar-refractivity contribution in [3.63, 3.8) is 0 Å². The van der Waals surface area contributed by atoms with Crippen molar-refractivity contribution in [1.82, 2.24) is 14.5 Å². The van der Waals surface area contributed by atoms with Gasteiger partial charge in [-0.15, -0.1) is 0 Å². The summed E-state index contributed by atoms with van der Waals surface area (Å²) in [6.07, 6.45) is 1.51. The van der Waals surface area contributed by atoms with Gasteiger partial charge < -0.3 is 4.57 Å². The predicted octanol–water partition coefficient (Wildman–Crippen LogP) is 2.69. The van der Waals surface area contributed by atoms with Crippen LogP contribution >= 0.6 is 0 Å². The Bertz CT molecular complexity index is 1010. The summed E-state index contributed by atoms with van der Waals surface area (Å²) < 4.78 is 15.1. The minimum Gasteiger partial charge on any atom is -0.310 e. The highest BCUT2D eigenvalue weighted by atomic mass is 19.1. The van der Waals surface area contributed by atoms with Gasteiger partial charge in [-0.2, -0.15) is 0 Å². The molecule has 0 saturated heterocycles. The first-order valence-electron chi connectivity index (χ1n) is 8.00. The predicted molar refractivity (Wildman–Crippen MR) is 95.7 cm³/mol. The van der Waals surface area contributed by atoms with Crippen LogP contribution in [0.15, 0.2) is 53.5 Å². The fourth-order valence-corrected chi connectivity index (χ4v) is 2.60. The van der Waals surface area contributed by atoms with Gasteiger partial charge in [-0.1, -0.05) is 18.2 Å². The third-order valence-electron chi connectivity index (χ3n) is 3.77. The van der Waals surface area contributed by atoms with Crippen LogP contribution in [0, 0.1) is 19.7 Å². The highest BCUT2D eigenvalue weighted by Gasteiger charge is 2.14. The molecule has 1 N–H and O–H groups in total. The van der Waals surface area contributed by atoms with E-state index in [9.17, 15) is 14.0 Å². The molecule has 7 heteroatoms. The van der Waals surface area contributed by atoms with Gasteiger partial charge in [0.1, 0.15) is 11.4 Å². The van der Waals surface area contributed by atoms with E-state index in [2.05, 4.69) is 15.3 Å². The fraction of sp³-hybridized carbons (Fsp3) is 0.158. The summed E-state index contributed by atoms with van der Waals surface area (Å²) in [6.45, 7) is 3.61. The number of halogens is 1. The molecule has 2 aromatic heterocycles. The topological polar surface area (TPSA) is 76.9 Å². The Hall–Kier alpha value is -3.35. The molecule has 1 amide bonds. The molecule has 1 aromatic carbocycles. The summed E-state index contributed by atoms with van der Waals surface area (Å²) in [5.41, 5.74) is 1.20. The lowest BCUT2D eigenvalue weighted by atomic mass is 10.2. The molecule has 0 spiro atoms. The van der Waals surface area contributed by atoms with Crippen molar-refractivity contribution in [3.8, 4) is 0 Å². The van der Waals surface area contributed by atoms with Crippen molar-refractivity contribution in [2.45, 2.75) is 20.4 Å². The number of aryl methyl sites for hydroxylation is 2. The number of benzene rings is 1. The fourth-order valence-electron chi connectivity index (χ4n) is 2.60. The zero-order valence-electron chi connectivity index (χ0n) is 14.4. The highest BCUT2D eigenvalue weighted by Crippen LogP contribution is 2.09. The van der Waals surface area contributed by atoms with E-state index in [0.29, 0.717) is 17.0 Å². The Morgan fingerprint density at radius 3 is 2.50 bits per heavy atom. The van der Waals surface area contributed by atoms with E-state index in [1.54, 1.807) is 44.2 Å². The molecule has 3 aromatic rings. The molecule has 6 nitrogen and oxygen atoms in total. The number of nitrogens with zero attached hydrogens (tertiary/aromatic N) is 3. The second-order valence-corrected chi connectivity index (χ2v) is 5.87. The molecular weight excluding hydrogens is 335 g/mol. The van der Waals surface area contributed by atoms with Gasteiger partial charge in [0, 0.05) is 23.1 Å². The third kappa shape index (κ3) is 3.83. The lowest BCUT2D eigenvalue weighted by Gasteiger charge is -2.09. The molecule has 0 fully saturated rings. The molecule has 0 aliphatic rings. The first-order valence-corrected chi connectivity index (χ1v) is 8.00. The molecule has 0 aliphatic carbocycles. The molecule has 0 saturated carbocycles. The molecule has 26 heavy (non-hydrogen) atoms. The standard InChI is InChI=1S/C19H17FN4O2/c1-12-10-13(2)22-19(21-12)23-17(25)15-7-5-9-24(18(15)26)11-14-6-3-4-8-16(14)20/h3-10H,11H2,1-2H3,(H,21,22,23,25). The second kappa shape index (κ2) is 7.26. The summed E-state index contributed by atoms with van der Waals surface area (Å²) in [5, 5.41) is 2.53. The quantitative estimate of drug-likeness (QED) is 0.783. The van der Waals surface area contributed by atoms with Crippen LogP contribution in [0.2, 0.25) is 0 Å².